The topological polar surface area (TPSA) is 85.8 Å². The van der Waals surface area contributed by atoms with E-state index in [1.165, 1.54) is 10.9 Å². The summed E-state index contributed by atoms with van der Waals surface area (Å²) in [6, 6.07) is 5.38. The van der Waals surface area contributed by atoms with E-state index in [4.69, 9.17) is 5.84 Å². The molecular weight excluding hydrogens is 298 g/mol. The van der Waals surface area contributed by atoms with Crippen molar-refractivity contribution in [2.75, 3.05) is 5.43 Å². The highest BCUT2D eigenvalue weighted by Crippen LogP contribution is 2.08. The Balaban J connectivity index is 2.34. The molecule has 94 valence electrons. The fourth-order valence-corrected chi connectivity index (χ4v) is 1.81. The first-order valence-corrected chi connectivity index (χ1v) is 6.05. The normalized spacial score (nSPS) is 10.4. The molecule has 0 aliphatic rings. The summed E-state index contributed by atoms with van der Waals surface area (Å²) in [7, 11) is 0. The number of anilines is 1. The predicted molar refractivity (Wildman–Crippen MR) is 72.1 cm³/mol. The molecule has 7 heteroatoms. The van der Waals surface area contributed by atoms with Gasteiger partial charge in [-0.2, -0.15) is 0 Å². The van der Waals surface area contributed by atoms with Crippen LogP contribution in [-0.4, -0.2) is 14.5 Å². The Morgan fingerprint density at radius 2 is 2.28 bits per heavy atom. The molecular formula is C11H12BrN5O. The average Bonchev–Trinajstić information content (AvgIpc) is 2.40. The third-order valence-electron chi connectivity index (χ3n) is 2.44. The molecule has 0 aromatic carbocycles. The fourth-order valence-electron chi connectivity index (χ4n) is 1.48. The van der Waals surface area contributed by atoms with Crippen LogP contribution in [0.15, 0.2) is 33.8 Å². The summed E-state index contributed by atoms with van der Waals surface area (Å²) in [5, 5.41) is 0. The summed E-state index contributed by atoms with van der Waals surface area (Å²) in [4.78, 5) is 20.3. The van der Waals surface area contributed by atoms with E-state index in [9.17, 15) is 4.79 Å². The predicted octanol–water partition coefficient (Wildman–Crippen LogP) is 1.04. The van der Waals surface area contributed by atoms with Gasteiger partial charge in [0, 0.05) is 0 Å². The van der Waals surface area contributed by atoms with Crippen molar-refractivity contribution >= 4 is 21.7 Å². The first kappa shape index (κ1) is 12.7. The number of aryl methyl sites for hydroxylation is 1. The van der Waals surface area contributed by atoms with Crippen LogP contribution in [0.25, 0.3) is 0 Å². The molecule has 3 N–H and O–H groups in total. The lowest BCUT2D eigenvalue weighted by Gasteiger charge is -2.07. The molecule has 0 bridgehead atoms. The third kappa shape index (κ3) is 2.57. The van der Waals surface area contributed by atoms with Crippen LogP contribution in [0, 0.1) is 6.92 Å². The van der Waals surface area contributed by atoms with E-state index < -0.39 is 0 Å². The van der Waals surface area contributed by atoms with E-state index in [0.717, 1.165) is 5.69 Å². The van der Waals surface area contributed by atoms with Crippen LogP contribution in [-0.2, 0) is 6.54 Å². The molecule has 2 rings (SSSR count). The molecule has 0 saturated carbocycles. The number of hydrogen-bond donors (Lipinski definition) is 2. The van der Waals surface area contributed by atoms with Gasteiger partial charge in [-0.3, -0.25) is 9.36 Å². The highest BCUT2D eigenvalue weighted by atomic mass is 79.9. The van der Waals surface area contributed by atoms with E-state index in [2.05, 4.69) is 31.3 Å². The number of halogens is 1. The van der Waals surface area contributed by atoms with Crippen molar-refractivity contribution in [3.05, 3.63) is 50.7 Å². The zero-order valence-electron chi connectivity index (χ0n) is 9.72. The molecule has 0 fully saturated rings. The lowest BCUT2D eigenvalue weighted by atomic mass is 10.3. The largest absolute Gasteiger partial charge is 0.308 e. The number of nitrogens with one attached hydrogen (secondary N) is 1. The zero-order valence-corrected chi connectivity index (χ0v) is 11.3. The standard InChI is InChI=1S/C11H12BrN5O/c1-7-10(12)11(18)17(6-14-7)5-8-3-2-4-9(15-8)16-13/h2-4,6H,5,13H2,1H3,(H,15,16). The van der Waals surface area contributed by atoms with Crippen molar-refractivity contribution in [3.8, 4) is 0 Å². The van der Waals surface area contributed by atoms with Gasteiger partial charge in [0.2, 0.25) is 0 Å². The van der Waals surface area contributed by atoms with Crippen LogP contribution < -0.4 is 16.8 Å². The highest BCUT2D eigenvalue weighted by Gasteiger charge is 2.06. The molecule has 2 aromatic heterocycles. The van der Waals surface area contributed by atoms with Gasteiger partial charge < -0.3 is 5.43 Å². The summed E-state index contributed by atoms with van der Waals surface area (Å²) < 4.78 is 1.96. The second-order valence-electron chi connectivity index (χ2n) is 3.74. The molecule has 0 aliphatic carbocycles. The molecule has 0 saturated heterocycles. The van der Waals surface area contributed by atoms with Crippen LogP contribution in [0.3, 0.4) is 0 Å². The van der Waals surface area contributed by atoms with Crippen molar-refractivity contribution in [2.45, 2.75) is 13.5 Å². The van der Waals surface area contributed by atoms with Gasteiger partial charge >= 0.3 is 0 Å². The molecule has 6 nitrogen and oxygen atoms in total. The number of pyridine rings is 1. The Hall–Kier alpha value is -1.73. The molecule has 0 amide bonds. The summed E-state index contributed by atoms with van der Waals surface area (Å²) in [6.07, 6.45) is 1.51. The minimum atomic E-state index is -0.129. The molecule has 2 heterocycles. The number of hydrogen-bond acceptors (Lipinski definition) is 5. The van der Waals surface area contributed by atoms with Gasteiger partial charge in [0.05, 0.1) is 24.3 Å². The lowest BCUT2D eigenvalue weighted by Crippen LogP contribution is -2.23. The minimum absolute atomic E-state index is 0.129. The van der Waals surface area contributed by atoms with E-state index in [0.29, 0.717) is 22.5 Å². The molecule has 2 aromatic rings. The Bertz CT molecular complexity index is 625. The van der Waals surface area contributed by atoms with Gasteiger partial charge in [-0.1, -0.05) is 6.07 Å². The van der Waals surface area contributed by atoms with E-state index in [1.807, 2.05) is 12.1 Å². The maximum atomic E-state index is 12.0. The van der Waals surface area contributed by atoms with Gasteiger partial charge in [-0.25, -0.2) is 15.8 Å². The summed E-state index contributed by atoms with van der Waals surface area (Å²) in [5.74, 6) is 5.84. The first-order valence-electron chi connectivity index (χ1n) is 5.26. The van der Waals surface area contributed by atoms with E-state index in [-0.39, 0.29) is 5.56 Å². The van der Waals surface area contributed by atoms with Gasteiger partial charge in [0.1, 0.15) is 10.3 Å². The van der Waals surface area contributed by atoms with Crippen LogP contribution in [0.1, 0.15) is 11.4 Å². The average molecular weight is 310 g/mol. The second kappa shape index (κ2) is 5.28. The van der Waals surface area contributed by atoms with Crippen molar-refractivity contribution < 1.29 is 0 Å². The zero-order chi connectivity index (χ0) is 13.1. The summed E-state index contributed by atoms with van der Waals surface area (Å²) >= 11 is 3.22. The van der Waals surface area contributed by atoms with Gasteiger partial charge in [-0.05, 0) is 35.0 Å². The van der Waals surface area contributed by atoms with Gasteiger partial charge in [0.25, 0.3) is 5.56 Å². The number of nitrogen functional groups attached to an aromatic ring is 1. The molecule has 0 aliphatic heterocycles. The minimum Gasteiger partial charge on any atom is -0.308 e. The van der Waals surface area contributed by atoms with Crippen LogP contribution in [0.5, 0.6) is 0 Å². The Morgan fingerprint density at radius 3 is 3.00 bits per heavy atom. The number of nitrogens with two attached hydrogens (primary N) is 1. The SMILES string of the molecule is Cc1ncn(Cc2cccc(NN)n2)c(=O)c1Br. The maximum Gasteiger partial charge on any atom is 0.268 e. The maximum absolute atomic E-state index is 12.0. The van der Waals surface area contributed by atoms with Gasteiger partial charge in [0.15, 0.2) is 0 Å². The molecule has 0 spiro atoms. The quantitative estimate of drug-likeness (QED) is 0.653. The van der Waals surface area contributed by atoms with Crippen molar-refractivity contribution in [3.63, 3.8) is 0 Å². The van der Waals surface area contributed by atoms with Crippen molar-refractivity contribution in [1.82, 2.24) is 14.5 Å². The van der Waals surface area contributed by atoms with E-state index in [1.54, 1.807) is 13.0 Å². The van der Waals surface area contributed by atoms with Crippen molar-refractivity contribution in [2.24, 2.45) is 5.84 Å². The second-order valence-corrected chi connectivity index (χ2v) is 4.53. The van der Waals surface area contributed by atoms with Gasteiger partial charge in [-0.15, -0.1) is 0 Å². The highest BCUT2D eigenvalue weighted by molar-refractivity contribution is 9.10. The van der Waals surface area contributed by atoms with E-state index >= 15 is 0 Å². The number of hydrazine groups is 1. The monoisotopic (exact) mass is 309 g/mol. The summed E-state index contributed by atoms with van der Waals surface area (Å²) in [6.45, 7) is 2.12. The lowest BCUT2D eigenvalue weighted by molar-refractivity contribution is 0.709. The summed E-state index contributed by atoms with van der Waals surface area (Å²) in [5.41, 5.74) is 3.73. The smallest absolute Gasteiger partial charge is 0.268 e. The fraction of sp³-hybridized carbons (Fsp3) is 0.182. The van der Waals surface area contributed by atoms with Crippen LogP contribution in [0.4, 0.5) is 5.82 Å². The molecule has 18 heavy (non-hydrogen) atoms. The molecule has 0 atom stereocenters. The van der Waals surface area contributed by atoms with Crippen LogP contribution >= 0.6 is 15.9 Å². The Labute approximate surface area is 112 Å². The molecule has 0 radical (unpaired) electrons. The first-order chi connectivity index (χ1) is 8.61. The Morgan fingerprint density at radius 1 is 1.50 bits per heavy atom. The number of aromatic nitrogens is 3. The number of nitrogens with zero attached hydrogens (tertiary/aromatic N) is 3. The Kier molecular flexibility index (Phi) is 3.73. The van der Waals surface area contributed by atoms with Crippen LogP contribution in [0.2, 0.25) is 0 Å². The number of rotatable bonds is 3. The van der Waals surface area contributed by atoms with Crippen molar-refractivity contribution in [1.29, 1.82) is 0 Å². The third-order valence-corrected chi connectivity index (χ3v) is 3.36. The molecule has 0 unspecified atom stereocenters.